The van der Waals surface area contributed by atoms with Crippen LogP contribution in [0.4, 0.5) is 0 Å². The SMILES string of the molecule is CCCn1cc(C(O)c2nccn2CC)cn1. The molecule has 5 nitrogen and oxygen atoms in total. The predicted octanol–water partition coefficient (Wildman–Crippen LogP) is 1.59. The molecule has 92 valence electrons. The van der Waals surface area contributed by atoms with Crippen LogP contribution in [0, 0.1) is 0 Å². The quantitative estimate of drug-likeness (QED) is 0.854. The van der Waals surface area contributed by atoms with Crippen molar-refractivity contribution in [1.82, 2.24) is 19.3 Å². The van der Waals surface area contributed by atoms with Gasteiger partial charge in [0.05, 0.1) is 6.20 Å². The van der Waals surface area contributed by atoms with Crippen LogP contribution in [0.25, 0.3) is 0 Å². The first-order chi connectivity index (χ1) is 8.26. The second kappa shape index (κ2) is 5.14. The molecule has 5 heteroatoms. The Bertz CT molecular complexity index is 474. The first-order valence-corrected chi connectivity index (χ1v) is 5.97. The van der Waals surface area contributed by atoms with Crippen LogP contribution in [0.5, 0.6) is 0 Å². The third-order valence-corrected chi connectivity index (χ3v) is 2.75. The highest BCUT2D eigenvalue weighted by atomic mass is 16.3. The number of aromatic nitrogens is 4. The standard InChI is InChI=1S/C12H18N4O/c1-3-6-16-9-10(8-14-16)11(17)12-13-5-7-15(12)4-2/h5,7-9,11,17H,3-4,6H2,1-2H3. The normalized spacial score (nSPS) is 12.9. The van der Waals surface area contributed by atoms with Gasteiger partial charge in [0.2, 0.25) is 0 Å². The Labute approximate surface area is 101 Å². The van der Waals surface area contributed by atoms with Crippen LogP contribution in [-0.4, -0.2) is 24.4 Å². The Morgan fingerprint density at radius 1 is 1.41 bits per heavy atom. The molecule has 0 fully saturated rings. The molecule has 1 unspecified atom stereocenters. The van der Waals surface area contributed by atoms with Crippen LogP contribution < -0.4 is 0 Å². The molecule has 17 heavy (non-hydrogen) atoms. The lowest BCUT2D eigenvalue weighted by Crippen LogP contribution is -2.08. The van der Waals surface area contributed by atoms with Crippen molar-refractivity contribution in [2.24, 2.45) is 0 Å². The highest BCUT2D eigenvalue weighted by molar-refractivity contribution is 5.17. The number of aryl methyl sites for hydroxylation is 2. The Morgan fingerprint density at radius 2 is 2.24 bits per heavy atom. The smallest absolute Gasteiger partial charge is 0.142 e. The molecule has 0 radical (unpaired) electrons. The molecule has 0 aliphatic rings. The zero-order valence-corrected chi connectivity index (χ0v) is 10.2. The number of hydrogen-bond acceptors (Lipinski definition) is 3. The van der Waals surface area contributed by atoms with Crippen LogP contribution in [-0.2, 0) is 13.1 Å². The fraction of sp³-hybridized carbons (Fsp3) is 0.500. The molecule has 0 spiro atoms. The largest absolute Gasteiger partial charge is 0.380 e. The number of imidazole rings is 1. The van der Waals surface area contributed by atoms with Crippen molar-refractivity contribution in [1.29, 1.82) is 0 Å². The van der Waals surface area contributed by atoms with Crippen molar-refractivity contribution in [3.63, 3.8) is 0 Å². The van der Waals surface area contributed by atoms with E-state index in [1.165, 1.54) is 0 Å². The first-order valence-electron chi connectivity index (χ1n) is 5.97. The zero-order chi connectivity index (χ0) is 12.3. The third kappa shape index (κ3) is 2.39. The van der Waals surface area contributed by atoms with Crippen molar-refractivity contribution >= 4 is 0 Å². The van der Waals surface area contributed by atoms with E-state index in [4.69, 9.17) is 0 Å². The van der Waals surface area contributed by atoms with Crippen molar-refractivity contribution in [2.75, 3.05) is 0 Å². The number of rotatable bonds is 5. The van der Waals surface area contributed by atoms with Crippen molar-refractivity contribution in [3.05, 3.63) is 36.2 Å². The molecular formula is C12H18N4O. The van der Waals surface area contributed by atoms with Gasteiger partial charge in [0.15, 0.2) is 0 Å². The lowest BCUT2D eigenvalue weighted by molar-refractivity contribution is 0.204. The Balaban J connectivity index is 2.21. The molecule has 2 heterocycles. The molecule has 0 amide bonds. The average molecular weight is 234 g/mol. The van der Waals surface area contributed by atoms with Crippen molar-refractivity contribution in [3.8, 4) is 0 Å². The summed E-state index contributed by atoms with van der Waals surface area (Å²) in [4.78, 5) is 4.19. The summed E-state index contributed by atoms with van der Waals surface area (Å²) in [6.45, 7) is 5.80. The lowest BCUT2D eigenvalue weighted by atomic mass is 10.2. The first kappa shape index (κ1) is 11.9. The molecule has 0 aliphatic heterocycles. The maximum Gasteiger partial charge on any atom is 0.142 e. The summed E-state index contributed by atoms with van der Waals surface area (Å²) in [5, 5.41) is 14.4. The minimum Gasteiger partial charge on any atom is -0.380 e. The van der Waals surface area contributed by atoms with Crippen LogP contribution in [0.15, 0.2) is 24.8 Å². The van der Waals surface area contributed by atoms with Gasteiger partial charge in [-0.05, 0) is 13.3 Å². The van der Waals surface area contributed by atoms with Crippen molar-refractivity contribution < 1.29 is 5.11 Å². The van der Waals surface area contributed by atoms with Crippen LogP contribution >= 0.6 is 0 Å². The van der Waals surface area contributed by atoms with Gasteiger partial charge in [-0.1, -0.05) is 6.92 Å². The summed E-state index contributed by atoms with van der Waals surface area (Å²) in [7, 11) is 0. The maximum atomic E-state index is 10.2. The molecule has 1 atom stereocenters. The molecule has 0 saturated carbocycles. The molecule has 2 rings (SSSR count). The van der Waals surface area contributed by atoms with Gasteiger partial charge in [0.1, 0.15) is 11.9 Å². The highest BCUT2D eigenvalue weighted by Crippen LogP contribution is 2.19. The molecule has 2 aromatic rings. The predicted molar refractivity (Wildman–Crippen MR) is 64.5 cm³/mol. The Hall–Kier alpha value is -1.62. The fourth-order valence-corrected chi connectivity index (χ4v) is 1.86. The van der Waals surface area contributed by atoms with E-state index in [0.29, 0.717) is 5.82 Å². The summed E-state index contributed by atoms with van der Waals surface area (Å²) in [5.41, 5.74) is 0.791. The van der Waals surface area contributed by atoms with Gasteiger partial charge < -0.3 is 9.67 Å². The van der Waals surface area contributed by atoms with E-state index in [1.54, 1.807) is 12.4 Å². The van der Waals surface area contributed by atoms with Crippen LogP contribution in [0.2, 0.25) is 0 Å². The number of aliphatic hydroxyl groups excluding tert-OH is 1. The van der Waals surface area contributed by atoms with Crippen LogP contribution in [0.1, 0.15) is 37.8 Å². The fourth-order valence-electron chi connectivity index (χ4n) is 1.86. The van der Waals surface area contributed by atoms with Gasteiger partial charge in [0, 0.05) is 37.2 Å². The van der Waals surface area contributed by atoms with E-state index < -0.39 is 6.10 Å². The number of hydrogen-bond donors (Lipinski definition) is 1. The van der Waals surface area contributed by atoms with Crippen LogP contribution in [0.3, 0.4) is 0 Å². The second-order valence-corrected chi connectivity index (χ2v) is 4.01. The average Bonchev–Trinajstić information content (AvgIpc) is 2.96. The number of aliphatic hydroxyl groups is 1. The van der Waals surface area contributed by atoms with E-state index in [1.807, 2.05) is 28.6 Å². The van der Waals surface area contributed by atoms with E-state index >= 15 is 0 Å². The maximum absolute atomic E-state index is 10.2. The van der Waals surface area contributed by atoms with Crippen molar-refractivity contribution in [2.45, 2.75) is 39.5 Å². The van der Waals surface area contributed by atoms with E-state index in [-0.39, 0.29) is 0 Å². The third-order valence-electron chi connectivity index (χ3n) is 2.75. The van der Waals surface area contributed by atoms with Gasteiger partial charge in [0.25, 0.3) is 0 Å². The summed E-state index contributed by atoms with van der Waals surface area (Å²) in [6, 6.07) is 0. The monoisotopic (exact) mass is 234 g/mol. The lowest BCUT2D eigenvalue weighted by Gasteiger charge is -2.09. The topological polar surface area (TPSA) is 55.9 Å². The van der Waals surface area contributed by atoms with Gasteiger partial charge in [-0.3, -0.25) is 4.68 Å². The molecular weight excluding hydrogens is 216 g/mol. The molecule has 0 aromatic carbocycles. The van der Waals surface area contributed by atoms with Gasteiger partial charge >= 0.3 is 0 Å². The Morgan fingerprint density at radius 3 is 2.94 bits per heavy atom. The Kier molecular flexibility index (Phi) is 3.58. The highest BCUT2D eigenvalue weighted by Gasteiger charge is 2.17. The molecule has 0 bridgehead atoms. The summed E-state index contributed by atoms with van der Waals surface area (Å²) < 4.78 is 3.78. The van der Waals surface area contributed by atoms with E-state index in [2.05, 4.69) is 17.0 Å². The summed E-state index contributed by atoms with van der Waals surface area (Å²) in [5.74, 6) is 0.670. The molecule has 0 aliphatic carbocycles. The summed E-state index contributed by atoms with van der Waals surface area (Å²) >= 11 is 0. The second-order valence-electron chi connectivity index (χ2n) is 4.01. The molecule has 1 N–H and O–H groups in total. The van der Waals surface area contributed by atoms with Gasteiger partial charge in [-0.15, -0.1) is 0 Å². The minimum atomic E-state index is -0.699. The molecule has 2 aromatic heterocycles. The van der Waals surface area contributed by atoms with E-state index in [0.717, 1.165) is 25.1 Å². The molecule has 0 saturated heterocycles. The zero-order valence-electron chi connectivity index (χ0n) is 10.2. The van der Waals surface area contributed by atoms with Gasteiger partial charge in [-0.25, -0.2) is 4.98 Å². The van der Waals surface area contributed by atoms with E-state index in [9.17, 15) is 5.11 Å². The summed E-state index contributed by atoms with van der Waals surface area (Å²) in [6.07, 6.45) is 7.49. The number of nitrogens with zero attached hydrogens (tertiary/aromatic N) is 4. The minimum absolute atomic E-state index is 0.670. The van der Waals surface area contributed by atoms with Gasteiger partial charge in [-0.2, -0.15) is 5.10 Å².